The zero-order chi connectivity index (χ0) is 12.7. The van der Waals surface area contributed by atoms with Gasteiger partial charge in [0, 0.05) is 12.6 Å². The van der Waals surface area contributed by atoms with Crippen molar-refractivity contribution in [1.29, 1.82) is 0 Å². The number of nitrogens with zero attached hydrogens (tertiary/aromatic N) is 1. The molecule has 1 rings (SSSR count). The van der Waals surface area contributed by atoms with E-state index in [1.54, 1.807) is 0 Å². The highest BCUT2D eigenvalue weighted by atomic mass is 15.2. The van der Waals surface area contributed by atoms with Crippen LogP contribution in [0.25, 0.3) is 0 Å². The van der Waals surface area contributed by atoms with Gasteiger partial charge in [-0.2, -0.15) is 0 Å². The van der Waals surface area contributed by atoms with E-state index in [4.69, 9.17) is 0 Å². The first-order valence-corrected chi connectivity index (χ1v) is 7.61. The molecule has 17 heavy (non-hydrogen) atoms. The molecule has 0 aromatic carbocycles. The van der Waals surface area contributed by atoms with E-state index >= 15 is 0 Å². The molecule has 1 atom stereocenters. The van der Waals surface area contributed by atoms with Crippen LogP contribution in [0.3, 0.4) is 0 Å². The number of nitrogens with one attached hydrogen (secondary N) is 1. The van der Waals surface area contributed by atoms with Gasteiger partial charge in [-0.15, -0.1) is 0 Å². The lowest BCUT2D eigenvalue weighted by Crippen LogP contribution is -2.33. The normalized spacial score (nSPS) is 21.9. The molecule has 0 saturated carbocycles. The van der Waals surface area contributed by atoms with E-state index < -0.39 is 0 Å². The Balaban J connectivity index is 2.21. The molecule has 0 bridgehead atoms. The Morgan fingerprint density at radius 1 is 1.24 bits per heavy atom. The molecular formula is C15H32N2. The van der Waals surface area contributed by atoms with Gasteiger partial charge in [0.25, 0.3) is 0 Å². The fraction of sp³-hybridized carbons (Fsp3) is 1.00. The van der Waals surface area contributed by atoms with Crippen molar-refractivity contribution in [3.8, 4) is 0 Å². The summed E-state index contributed by atoms with van der Waals surface area (Å²) in [5, 5.41) is 3.58. The van der Waals surface area contributed by atoms with Gasteiger partial charge in [-0.25, -0.2) is 0 Å². The Morgan fingerprint density at radius 3 is 2.47 bits per heavy atom. The number of hydrogen-bond acceptors (Lipinski definition) is 2. The van der Waals surface area contributed by atoms with Crippen LogP contribution >= 0.6 is 0 Å². The van der Waals surface area contributed by atoms with Crippen LogP contribution in [0.2, 0.25) is 0 Å². The third kappa shape index (κ3) is 4.59. The van der Waals surface area contributed by atoms with Crippen LogP contribution < -0.4 is 5.32 Å². The summed E-state index contributed by atoms with van der Waals surface area (Å²) in [6, 6.07) is 0.674. The van der Waals surface area contributed by atoms with E-state index in [1.807, 2.05) is 0 Å². The van der Waals surface area contributed by atoms with Crippen LogP contribution in [0.4, 0.5) is 0 Å². The number of rotatable bonds is 8. The topological polar surface area (TPSA) is 15.3 Å². The Kier molecular flexibility index (Phi) is 6.50. The van der Waals surface area contributed by atoms with Gasteiger partial charge in [0.2, 0.25) is 0 Å². The quantitative estimate of drug-likeness (QED) is 0.700. The van der Waals surface area contributed by atoms with E-state index in [1.165, 1.54) is 51.7 Å². The summed E-state index contributed by atoms with van der Waals surface area (Å²) >= 11 is 0. The average Bonchev–Trinajstić information content (AvgIpc) is 2.78. The fourth-order valence-corrected chi connectivity index (χ4v) is 2.91. The van der Waals surface area contributed by atoms with E-state index in [9.17, 15) is 0 Å². The SMILES string of the molecule is CCCNC(C)CCN1CCC(CC)(CC)C1. The van der Waals surface area contributed by atoms with Crippen molar-refractivity contribution in [2.24, 2.45) is 5.41 Å². The highest BCUT2D eigenvalue weighted by molar-refractivity contribution is 4.88. The summed E-state index contributed by atoms with van der Waals surface area (Å²) in [5.74, 6) is 0. The molecule has 1 heterocycles. The Morgan fingerprint density at radius 2 is 1.94 bits per heavy atom. The smallest absolute Gasteiger partial charge is 0.00508 e. The third-order valence-electron chi connectivity index (χ3n) is 4.64. The highest BCUT2D eigenvalue weighted by Crippen LogP contribution is 2.36. The fourth-order valence-electron chi connectivity index (χ4n) is 2.91. The van der Waals surface area contributed by atoms with Crippen molar-refractivity contribution in [1.82, 2.24) is 10.2 Å². The van der Waals surface area contributed by atoms with Gasteiger partial charge >= 0.3 is 0 Å². The molecule has 1 aliphatic heterocycles. The van der Waals surface area contributed by atoms with E-state index in [2.05, 4.69) is 37.9 Å². The van der Waals surface area contributed by atoms with Gasteiger partial charge in [0.15, 0.2) is 0 Å². The van der Waals surface area contributed by atoms with Crippen LogP contribution in [0.5, 0.6) is 0 Å². The van der Waals surface area contributed by atoms with Gasteiger partial charge in [-0.3, -0.25) is 0 Å². The molecule has 0 radical (unpaired) electrons. The summed E-state index contributed by atoms with van der Waals surface area (Å²) in [4.78, 5) is 2.68. The zero-order valence-corrected chi connectivity index (χ0v) is 12.4. The third-order valence-corrected chi connectivity index (χ3v) is 4.64. The lowest BCUT2D eigenvalue weighted by Gasteiger charge is -2.27. The average molecular weight is 240 g/mol. The summed E-state index contributed by atoms with van der Waals surface area (Å²) in [6.07, 6.45) is 6.65. The maximum Gasteiger partial charge on any atom is 0.00508 e. The van der Waals surface area contributed by atoms with E-state index in [0.717, 1.165) is 6.54 Å². The number of hydrogen-bond donors (Lipinski definition) is 1. The summed E-state index contributed by atoms with van der Waals surface area (Å²) < 4.78 is 0. The summed E-state index contributed by atoms with van der Waals surface area (Å²) in [6.45, 7) is 14.4. The van der Waals surface area contributed by atoms with Crippen molar-refractivity contribution in [3.05, 3.63) is 0 Å². The second-order valence-electron chi connectivity index (χ2n) is 5.88. The molecule has 2 heteroatoms. The molecule has 1 saturated heterocycles. The molecule has 0 spiro atoms. The van der Waals surface area contributed by atoms with Crippen molar-refractivity contribution >= 4 is 0 Å². The number of likely N-dealkylation sites (tertiary alicyclic amines) is 1. The predicted octanol–water partition coefficient (Wildman–Crippen LogP) is 3.28. The van der Waals surface area contributed by atoms with E-state index in [-0.39, 0.29) is 0 Å². The Bertz CT molecular complexity index is 199. The van der Waals surface area contributed by atoms with Crippen molar-refractivity contribution in [3.63, 3.8) is 0 Å². The molecule has 0 aromatic rings. The maximum absolute atomic E-state index is 3.58. The van der Waals surface area contributed by atoms with Crippen LogP contribution in [0, 0.1) is 5.41 Å². The van der Waals surface area contributed by atoms with Gasteiger partial charge in [-0.1, -0.05) is 20.8 Å². The van der Waals surface area contributed by atoms with Crippen LogP contribution in [0.1, 0.15) is 59.8 Å². The van der Waals surface area contributed by atoms with Gasteiger partial charge in [0.1, 0.15) is 0 Å². The van der Waals surface area contributed by atoms with E-state index in [0.29, 0.717) is 11.5 Å². The van der Waals surface area contributed by atoms with Crippen LogP contribution in [-0.2, 0) is 0 Å². The molecular weight excluding hydrogens is 208 g/mol. The largest absolute Gasteiger partial charge is 0.314 e. The van der Waals surface area contributed by atoms with Crippen molar-refractivity contribution in [2.45, 2.75) is 65.8 Å². The van der Waals surface area contributed by atoms with Crippen molar-refractivity contribution in [2.75, 3.05) is 26.2 Å². The molecule has 1 fully saturated rings. The van der Waals surface area contributed by atoms with Gasteiger partial charge < -0.3 is 10.2 Å². The van der Waals surface area contributed by atoms with Crippen molar-refractivity contribution < 1.29 is 0 Å². The Labute approximate surface area is 108 Å². The van der Waals surface area contributed by atoms with Gasteiger partial charge in [0.05, 0.1) is 0 Å². The predicted molar refractivity (Wildman–Crippen MR) is 76.4 cm³/mol. The second kappa shape index (κ2) is 7.38. The lowest BCUT2D eigenvalue weighted by molar-refractivity contribution is 0.234. The first kappa shape index (κ1) is 15.0. The molecule has 102 valence electrons. The maximum atomic E-state index is 3.58. The minimum Gasteiger partial charge on any atom is -0.314 e. The lowest BCUT2D eigenvalue weighted by atomic mass is 9.82. The first-order chi connectivity index (χ1) is 8.15. The minimum atomic E-state index is 0.639. The van der Waals surface area contributed by atoms with Gasteiger partial charge in [-0.05, 0) is 64.1 Å². The standard InChI is InChI=1S/C15H32N2/c1-5-10-16-14(4)8-11-17-12-9-15(6-2,7-3)13-17/h14,16H,5-13H2,1-4H3. The summed E-state index contributed by atoms with van der Waals surface area (Å²) in [7, 11) is 0. The molecule has 1 aliphatic rings. The second-order valence-corrected chi connectivity index (χ2v) is 5.88. The molecule has 1 N–H and O–H groups in total. The molecule has 0 amide bonds. The van der Waals surface area contributed by atoms with Crippen LogP contribution in [0.15, 0.2) is 0 Å². The zero-order valence-electron chi connectivity index (χ0n) is 12.4. The molecule has 1 unspecified atom stereocenters. The first-order valence-electron chi connectivity index (χ1n) is 7.61. The Hall–Kier alpha value is -0.0800. The summed E-state index contributed by atoms with van der Waals surface area (Å²) in [5.41, 5.74) is 0.639. The highest BCUT2D eigenvalue weighted by Gasteiger charge is 2.34. The molecule has 2 nitrogen and oxygen atoms in total. The van der Waals surface area contributed by atoms with Crippen LogP contribution in [-0.4, -0.2) is 37.1 Å². The monoisotopic (exact) mass is 240 g/mol. The molecule has 0 aromatic heterocycles. The molecule has 0 aliphatic carbocycles. The minimum absolute atomic E-state index is 0.639.